The Labute approximate surface area is 165 Å². The van der Waals surface area contributed by atoms with E-state index in [1.54, 1.807) is 12.4 Å². The standard InChI is InChI=1S/C21H26N4O3/c26-17-6-10-24(11-7-17)15-19-20(16-4-2-1-3-5-16)25(12-13-28-19)21(27)18-14-22-8-9-23-18/h1-5,8-9,14,17,19-20,26H,6-7,10-13,15H2/t19-,20-/m0/s1. The summed E-state index contributed by atoms with van der Waals surface area (Å²) in [6.07, 6.45) is 5.85. The molecule has 2 aliphatic rings. The van der Waals surface area contributed by atoms with Gasteiger partial charge in [-0.3, -0.25) is 9.78 Å². The minimum absolute atomic E-state index is 0.121. The van der Waals surface area contributed by atoms with Crippen molar-refractivity contribution < 1.29 is 14.6 Å². The van der Waals surface area contributed by atoms with Crippen LogP contribution in [0.25, 0.3) is 0 Å². The van der Waals surface area contributed by atoms with Crippen molar-refractivity contribution >= 4 is 5.91 Å². The Morgan fingerprint density at radius 3 is 2.64 bits per heavy atom. The average molecular weight is 382 g/mol. The molecular formula is C21H26N4O3. The van der Waals surface area contributed by atoms with Gasteiger partial charge in [0.25, 0.3) is 5.91 Å². The van der Waals surface area contributed by atoms with Gasteiger partial charge in [-0.15, -0.1) is 0 Å². The Kier molecular flexibility index (Phi) is 5.95. The largest absolute Gasteiger partial charge is 0.393 e. The molecule has 0 saturated carbocycles. The van der Waals surface area contributed by atoms with Crippen LogP contribution in [0, 0.1) is 0 Å². The predicted molar refractivity (Wildman–Crippen MR) is 104 cm³/mol. The van der Waals surface area contributed by atoms with Crippen molar-refractivity contribution in [2.45, 2.75) is 31.1 Å². The topological polar surface area (TPSA) is 78.8 Å². The molecule has 1 N–H and O–H groups in total. The predicted octanol–water partition coefficient (Wildman–Crippen LogP) is 1.52. The molecule has 7 nitrogen and oxygen atoms in total. The summed E-state index contributed by atoms with van der Waals surface area (Å²) < 4.78 is 6.16. The molecule has 2 aromatic rings. The first-order chi connectivity index (χ1) is 13.7. The van der Waals surface area contributed by atoms with Crippen LogP contribution in [-0.2, 0) is 4.74 Å². The van der Waals surface area contributed by atoms with Crippen molar-refractivity contribution in [3.8, 4) is 0 Å². The summed E-state index contributed by atoms with van der Waals surface area (Å²) in [6, 6.07) is 9.86. The number of carbonyl (C=O) groups is 1. The number of hydrogen-bond acceptors (Lipinski definition) is 6. The number of carbonyl (C=O) groups excluding carboxylic acids is 1. The summed E-state index contributed by atoms with van der Waals surface area (Å²) in [5.41, 5.74) is 1.41. The summed E-state index contributed by atoms with van der Waals surface area (Å²) in [7, 11) is 0. The molecule has 0 unspecified atom stereocenters. The van der Waals surface area contributed by atoms with Crippen molar-refractivity contribution in [2.24, 2.45) is 0 Å². The van der Waals surface area contributed by atoms with Gasteiger partial charge in [-0.1, -0.05) is 30.3 Å². The lowest BCUT2D eigenvalue weighted by molar-refractivity contribution is -0.0772. The van der Waals surface area contributed by atoms with E-state index in [0.29, 0.717) is 18.8 Å². The van der Waals surface area contributed by atoms with E-state index in [1.807, 2.05) is 35.2 Å². The fourth-order valence-corrected chi connectivity index (χ4v) is 4.07. The molecule has 1 aromatic carbocycles. The number of aliphatic hydroxyl groups is 1. The zero-order chi connectivity index (χ0) is 19.3. The van der Waals surface area contributed by atoms with Gasteiger partial charge in [0.15, 0.2) is 0 Å². The van der Waals surface area contributed by atoms with Gasteiger partial charge in [0.1, 0.15) is 5.69 Å². The summed E-state index contributed by atoms with van der Waals surface area (Å²) in [5, 5.41) is 9.78. The number of piperidine rings is 1. The quantitative estimate of drug-likeness (QED) is 0.864. The fraction of sp³-hybridized carbons (Fsp3) is 0.476. The number of benzene rings is 1. The number of nitrogens with zero attached hydrogens (tertiary/aromatic N) is 4. The van der Waals surface area contributed by atoms with Crippen LogP contribution in [0.2, 0.25) is 0 Å². The van der Waals surface area contributed by atoms with Gasteiger partial charge in [0.2, 0.25) is 0 Å². The molecule has 4 rings (SSSR count). The van der Waals surface area contributed by atoms with E-state index < -0.39 is 0 Å². The summed E-state index contributed by atoms with van der Waals surface area (Å²) in [6.45, 7) is 3.44. The van der Waals surface area contributed by atoms with Crippen LogP contribution in [0.4, 0.5) is 0 Å². The van der Waals surface area contributed by atoms with Crippen LogP contribution in [0.15, 0.2) is 48.9 Å². The SMILES string of the molecule is O=C(c1cnccn1)N1CCO[C@@H](CN2CCC(O)CC2)[C@@H]1c1ccccc1. The third-order valence-electron chi connectivity index (χ3n) is 5.53. The van der Waals surface area contributed by atoms with E-state index in [1.165, 1.54) is 6.20 Å². The average Bonchev–Trinajstić information content (AvgIpc) is 2.76. The third kappa shape index (κ3) is 4.22. The van der Waals surface area contributed by atoms with Crippen molar-refractivity contribution in [1.82, 2.24) is 19.8 Å². The Morgan fingerprint density at radius 2 is 1.93 bits per heavy atom. The number of hydrogen-bond donors (Lipinski definition) is 1. The second-order valence-electron chi connectivity index (χ2n) is 7.39. The van der Waals surface area contributed by atoms with Crippen molar-refractivity contribution in [3.63, 3.8) is 0 Å². The first kappa shape index (κ1) is 19.0. The second-order valence-corrected chi connectivity index (χ2v) is 7.39. The molecule has 0 radical (unpaired) electrons. The lowest BCUT2D eigenvalue weighted by atomic mass is 9.96. The van der Waals surface area contributed by atoms with Gasteiger partial charge in [-0.25, -0.2) is 4.98 Å². The first-order valence-electron chi connectivity index (χ1n) is 9.86. The van der Waals surface area contributed by atoms with E-state index >= 15 is 0 Å². The lowest BCUT2D eigenvalue weighted by Gasteiger charge is -2.43. The molecule has 1 aromatic heterocycles. The van der Waals surface area contributed by atoms with Crippen LogP contribution in [0.5, 0.6) is 0 Å². The summed E-state index contributed by atoms with van der Waals surface area (Å²) in [5.74, 6) is -0.121. The fourth-order valence-electron chi connectivity index (χ4n) is 4.07. The highest BCUT2D eigenvalue weighted by Gasteiger charge is 2.38. The maximum absolute atomic E-state index is 13.2. The second kappa shape index (κ2) is 8.77. The third-order valence-corrected chi connectivity index (χ3v) is 5.53. The van der Waals surface area contributed by atoms with Crippen molar-refractivity contribution in [1.29, 1.82) is 0 Å². The normalized spacial score (nSPS) is 24.2. The van der Waals surface area contributed by atoms with Crippen LogP contribution >= 0.6 is 0 Å². The molecular weight excluding hydrogens is 356 g/mol. The Balaban J connectivity index is 1.59. The van der Waals surface area contributed by atoms with E-state index in [9.17, 15) is 9.90 Å². The number of aliphatic hydroxyl groups excluding tert-OH is 1. The smallest absolute Gasteiger partial charge is 0.274 e. The molecule has 1 amide bonds. The maximum atomic E-state index is 13.2. The Bertz CT molecular complexity index is 766. The molecule has 2 saturated heterocycles. The minimum Gasteiger partial charge on any atom is -0.393 e. The Morgan fingerprint density at radius 1 is 1.14 bits per heavy atom. The summed E-state index contributed by atoms with van der Waals surface area (Å²) >= 11 is 0. The summed E-state index contributed by atoms with van der Waals surface area (Å²) in [4.78, 5) is 25.6. The molecule has 7 heteroatoms. The monoisotopic (exact) mass is 382 g/mol. The number of ether oxygens (including phenoxy) is 1. The van der Waals surface area contributed by atoms with Gasteiger partial charge in [0.05, 0.1) is 31.1 Å². The number of aromatic nitrogens is 2. The zero-order valence-electron chi connectivity index (χ0n) is 15.9. The van der Waals surface area contributed by atoms with Crippen molar-refractivity contribution in [3.05, 3.63) is 60.2 Å². The van der Waals surface area contributed by atoms with Gasteiger partial charge in [-0.2, -0.15) is 0 Å². The highest BCUT2D eigenvalue weighted by molar-refractivity contribution is 5.92. The van der Waals surface area contributed by atoms with Crippen LogP contribution in [0.1, 0.15) is 34.9 Å². The maximum Gasteiger partial charge on any atom is 0.274 e. The van der Waals surface area contributed by atoms with Gasteiger partial charge >= 0.3 is 0 Å². The lowest BCUT2D eigenvalue weighted by Crippen LogP contribution is -2.53. The Hall–Kier alpha value is -2.35. The molecule has 2 aliphatic heterocycles. The van der Waals surface area contributed by atoms with Crippen LogP contribution in [0.3, 0.4) is 0 Å². The highest BCUT2D eigenvalue weighted by Crippen LogP contribution is 2.31. The van der Waals surface area contributed by atoms with Crippen LogP contribution in [-0.4, -0.2) is 75.8 Å². The molecule has 2 atom stereocenters. The van der Waals surface area contributed by atoms with E-state index in [4.69, 9.17) is 4.74 Å². The van der Waals surface area contributed by atoms with E-state index in [-0.39, 0.29) is 24.2 Å². The van der Waals surface area contributed by atoms with E-state index in [2.05, 4.69) is 14.9 Å². The molecule has 0 aliphatic carbocycles. The molecule has 3 heterocycles. The number of likely N-dealkylation sites (tertiary alicyclic amines) is 1. The molecule has 0 spiro atoms. The van der Waals surface area contributed by atoms with E-state index in [0.717, 1.165) is 38.0 Å². The van der Waals surface area contributed by atoms with Crippen molar-refractivity contribution in [2.75, 3.05) is 32.8 Å². The molecule has 2 fully saturated rings. The molecule has 0 bridgehead atoms. The van der Waals surface area contributed by atoms with Gasteiger partial charge in [0, 0.05) is 38.6 Å². The van der Waals surface area contributed by atoms with Gasteiger partial charge < -0.3 is 19.6 Å². The number of amides is 1. The number of morpholine rings is 1. The highest BCUT2D eigenvalue weighted by atomic mass is 16.5. The zero-order valence-corrected chi connectivity index (χ0v) is 15.9. The van der Waals surface area contributed by atoms with Gasteiger partial charge in [-0.05, 0) is 18.4 Å². The first-order valence-corrected chi connectivity index (χ1v) is 9.86. The number of rotatable bonds is 4. The minimum atomic E-state index is -0.205. The molecule has 28 heavy (non-hydrogen) atoms. The molecule has 148 valence electrons. The van der Waals surface area contributed by atoms with Crippen LogP contribution < -0.4 is 0 Å².